The fourth-order valence-electron chi connectivity index (χ4n) is 0.955. The van der Waals surface area contributed by atoms with E-state index in [0.29, 0.717) is 12.2 Å². The van der Waals surface area contributed by atoms with Crippen molar-refractivity contribution in [3.8, 4) is 11.5 Å². The smallest absolute Gasteiger partial charge is 0.328 e. The summed E-state index contributed by atoms with van der Waals surface area (Å²) in [4.78, 5) is 10.1. The molecule has 0 bridgehead atoms. The number of aromatic hydroxyl groups is 2. The molecular formula is C9H5F3O4. The number of phenols is 2. The zero-order valence-corrected chi connectivity index (χ0v) is 7.54. The van der Waals surface area contributed by atoms with Gasteiger partial charge >= 0.3 is 5.97 Å². The van der Waals surface area contributed by atoms with Crippen molar-refractivity contribution >= 4 is 12.0 Å². The van der Waals surface area contributed by atoms with E-state index in [9.17, 15) is 18.0 Å². The first kappa shape index (κ1) is 11.9. The van der Waals surface area contributed by atoms with Crippen molar-refractivity contribution in [3.63, 3.8) is 0 Å². The van der Waals surface area contributed by atoms with Gasteiger partial charge in [-0.2, -0.15) is 4.39 Å². The molecule has 0 fully saturated rings. The van der Waals surface area contributed by atoms with Gasteiger partial charge in [-0.3, -0.25) is 0 Å². The third kappa shape index (κ3) is 1.92. The Bertz CT molecular complexity index is 453. The van der Waals surface area contributed by atoms with Gasteiger partial charge in [-0.15, -0.1) is 0 Å². The van der Waals surface area contributed by atoms with Gasteiger partial charge in [-0.1, -0.05) is 0 Å². The SMILES string of the molecule is O=C(O)/C=C/c1c(F)c(O)c(O)c(F)c1F. The molecule has 0 radical (unpaired) electrons. The summed E-state index contributed by atoms with van der Waals surface area (Å²) in [6.07, 6.45) is 0.784. The van der Waals surface area contributed by atoms with E-state index < -0.39 is 40.5 Å². The number of carbonyl (C=O) groups is 1. The normalized spacial score (nSPS) is 10.9. The van der Waals surface area contributed by atoms with Gasteiger partial charge in [0.1, 0.15) is 0 Å². The standard InChI is InChI=1S/C9H5F3O4/c10-5-3(1-2-4(13)14)6(11)8(15)9(16)7(5)12/h1-2,15-16H,(H,13,14)/b2-1+. The first-order chi connectivity index (χ1) is 7.36. The molecule has 86 valence electrons. The molecule has 1 aromatic carbocycles. The van der Waals surface area contributed by atoms with Crippen molar-refractivity contribution < 1.29 is 33.3 Å². The summed E-state index contributed by atoms with van der Waals surface area (Å²) in [5, 5.41) is 25.8. The Morgan fingerprint density at radius 3 is 2.00 bits per heavy atom. The Morgan fingerprint density at radius 1 is 1.00 bits per heavy atom. The van der Waals surface area contributed by atoms with Gasteiger partial charge in [0.05, 0.1) is 5.56 Å². The third-order valence-electron chi connectivity index (χ3n) is 1.70. The van der Waals surface area contributed by atoms with Crippen LogP contribution in [0.3, 0.4) is 0 Å². The van der Waals surface area contributed by atoms with Crippen molar-refractivity contribution in [2.24, 2.45) is 0 Å². The lowest BCUT2D eigenvalue weighted by atomic mass is 10.1. The average Bonchev–Trinajstić information content (AvgIpc) is 2.23. The second kappa shape index (κ2) is 4.13. The molecule has 0 unspecified atom stereocenters. The zero-order chi connectivity index (χ0) is 12.5. The van der Waals surface area contributed by atoms with E-state index in [1.807, 2.05) is 0 Å². The minimum Gasteiger partial charge on any atom is -0.502 e. The summed E-state index contributed by atoms with van der Waals surface area (Å²) >= 11 is 0. The lowest BCUT2D eigenvalue weighted by Gasteiger charge is -2.05. The van der Waals surface area contributed by atoms with E-state index in [4.69, 9.17) is 15.3 Å². The summed E-state index contributed by atoms with van der Waals surface area (Å²) < 4.78 is 38.9. The number of benzene rings is 1. The van der Waals surface area contributed by atoms with Crippen molar-refractivity contribution in [1.82, 2.24) is 0 Å². The van der Waals surface area contributed by atoms with Gasteiger partial charge in [-0.25, -0.2) is 13.6 Å². The molecule has 0 aromatic heterocycles. The Labute approximate surface area is 86.9 Å². The monoisotopic (exact) mass is 234 g/mol. The molecule has 0 heterocycles. The highest BCUT2D eigenvalue weighted by Crippen LogP contribution is 2.35. The molecule has 0 aliphatic heterocycles. The third-order valence-corrected chi connectivity index (χ3v) is 1.70. The molecule has 0 spiro atoms. The van der Waals surface area contributed by atoms with Gasteiger partial charge in [0.2, 0.25) is 5.82 Å². The topological polar surface area (TPSA) is 77.8 Å². The molecule has 0 atom stereocenters. The van der Waals surface area contributed by atoms with Gasteiger partial charge in [0.25, 0.3) is 0 Å². The van der Waals surface area contributed by atoms with Crippen molar-refractivity contribution in [2.45, 2.75) is 0 Å². The highest BCUT2D eigenvalue weighted by molar-refractivity contribution is 5.85. The number of carboxylic acid groups (broad SMARTS) is 1. The second-order valence-electron chi connectivity index (χ2n) is 2.72. The summed E-state index contributed by atoms with van der Waals surface area (Å²) in [5.74, 6) is -9.85. The Morgan fingerprint density at radius 2 is 1.50 bits per heavy atom. The van der Waals surface area contributed by atoms with E-state index in [1.54, 1.807) is 0 Å². The molecule has 3 N–H and O–H groups in total. The van der Waals surface area contributed by atoms with E-state index in [0.717, 1.165) is 0 Å². The fraction of sp³-hybridized carbons (Fsp3) is 0. The van der Waals surface area contributed by atoms with Crippen LogP contribution in [0.2, 0.25) is 0 Å². The molecule has 1 aromatic rings. The number of halogens is 3. The Kier molecular flexibility index (Phi) is 3.07. The number of hydrogen-bond acceptors (Lipinski definition) is 3. The van der Waals surface area contributed by atoms with E-state index in [1.165, 1.54) is 0 Å². The zero-order valence-electron chi connectivity index (χ0n) is 7.54. The molecular weight excluding hydrogens is 229 g/mol. The minimum absolute atomic E-state index is 0.359. The number of hydrogen-bond donors (Lipinski definition) is 3. The van der Waals surface area contributed by atoms with E-state index in [-0.39, 0.29) is 0 Å². The number of carboxylic acids is 1. The number of phenolic OH excluding ortho intramolecular Hbond substituents is 2. The second-order valence-corrected chi connectivity index (χ2v) is 2.72. The molecule has 0 saturated heterocycles. The molecule has 1 rings (SSSR count). The van der Waals surface area contributed by atoms with Crippen LogP contribution < -0.4 is 0 Å². The van der Waals surface area contributed by atoms with Crippen LogP contribution in [-0.4, -0.2) is 21.3 Å². The van der Waals surface area contributed by atoms with Crippen LogP contribution in [0.4, 0.5) is 13.2 Å². The van der Waals surface area contributed by atoms with Crippen LogP contribution in [-0.2, 0) is 4.79 Å². The lowest BCUT2D eigenvalue weighted by molar-refractivity contribution is -0.131. The number of aliphatic carboxylic acids is 1. The van der Waals surface area contributed by atoms with Crippen LogP contribution in [0.15, 0.2) is 6.08 Å². The molecule has 4 nitrogen and oxygen atoms in total. The van der Waals surface area contributed by atoms with E-state index >= 15 is 0 Å². The van der Waals surface area contributed by atoms with Crippen molar-refractivity contribution in [1.29, 1.82) is 0 Å². The van der Waals surface area contributed by atoms with E-state index in [2.05, 4.69) is 0 Å². The largest absolute Gasteiger partial charge is 0.502 e. The summed E-state index contributed by atoms with van der Waals surface area (Å²) in [6, 6.07) is 0. The van der Waals surface area contributed by atoms with Gasteiger partial charge in [0, 0.05) is 6.08 Å². The van der Waals surface area contributed by atoms with Crippen molar-refractivity contribution in [3.05, 3.63) is 29.1 Å². The van der Waals surface area contributed by atoms with Gasteiger partial charge in [-0.05, 0) is 6.08 Å². The van der Waals surface area contributed by atoms with Crippen LogP contribution in [0.25, 0.3) is 6.08 Å². The van der Waals surface area contributed by atoms with Crippen LogP contribution in [0.1, 0.15) is 5.56 Å². The molecule has 0 saturated carbocycles. The lowest BCUT2D eigenvalue weighted by Crippen LogP contribution is -1.97. The van der Waals surface area contributed by atoms with Gasteiger partial charge < -0.3 is 15.3 Å². The molecule has 0 aliphatic carbocycles. The highest BCUT2D eigenvalue weighted by Gasteiger charge is 2.23. The van der Waals surface area contributed by atoms with Crippen LogP contribution in [0, 0.1) is 17.5 Å². The quantitative estimate of drug-likeness (QED) is 0.412. The maximum absolute atomic E-state index is 13.1. The van der Waals surface area contributed by atoms with Crippen LogP contribution >= 0.6 is 0 Å². The maximum Gasteiger partial charge on any atom is 0.328 e. The molecule has 7 heteroatoms. The Balaban J connectivity index is 3.45. The van der Waals surface area contributed by atoms with Crippen LogP contribution in [0.5, 0.6) is 11.5 Å². The molecule has 0 aliphatic rings. The number of rotatable bonds is 2. The first-order valence-electron chi connectivity index (χ1n) is 3.85. The summed E-state index contributed by atoms with van der Waals surface area (Å²) in [5.41, 5.74) is -1.09. The van der Waals surface area contributed by atoms with Crippen molar-refractivity contribution in [2.75, 3.05) is 0 Å². The summed E-state index contributed by atoms with van der Waals surface area (Å²) in [6.45, 7) is 0. The van der Waals surface area contributed by atoms with Gasteiger partial charge in [0.15, 0.2) is 23.1 Å². The first-order valence-corrected chi connectivity index (χ1v) is 3.85. The predicted octanol–water partition coefficient (Wildman–Crippen LogP) is 1.61. The molecule has 16 heavy (non-hydrogen) atoms. The molecule has 0 amide bonds. The highest BCUT2D eigenvalue weighted by atomic mass is 19.2. The predicted molar refractivity (Wildman–Crippen MR) is 46.3 cm³/mol. The Hall–Kier alpha value is -2.18. The summed E-state index contributed by atoms with van der Waals surface area (Å²) in [7, 11) is 0. The minimum atomic E-state index is -1.86. The fourth-order valence-corrected chi connectivity index (χ4v) is 0.955. The average molecular weight is 234 g/mol. The maximum atomic E-state index is 13.1.